The van der Waals surface area contributed by atoms with Gasteiger partial charge in [-0.05, 0) is 95.7 Å². The van der Waals surface area contributed by atoms with Gasteiger partial charge in [-0.1, -0.05) is 176 Å². The van der Waals surface area contributed by atoms with Crippen LogP contribution in [0.4, 0.5) is 0 Å². The molecule has 2 heterocycles. The molecule has 2 aliphatic rings. The van der Waals surface area contributed by atoms with Crippen molar-refractivity contribution in [2.45, 2.75) is 5.41 Å². The number of aromatic nitrogens is 4. The first-order chi connectivity index (χ1) is 29.3. The molecule has 10 aromatic rings. The molecule has 0 amide bonds. The third kappa shape index (κ3) is 5.03. The zero-order valence-corrected chi connectivity index (χ0v) is 31.9. The summed E-state index contributed by atoms with van der Waals surface area (Å²) in [6.07, 6.45) is 3.57. The minimum absolute atomic E-state index is 0.599. The van der Waals surface area contributed by atoms with Gasteiger partial charge in [0.05, 0.1) is 5.41 Å². The van der Waals surface area contributed by atoms with Crippen LogP contribution in [0.3, 0.4) is 0 Å². The van der Waals surface area contributed by atoms with E-state index in [0.717, 1.165) is 22.3 Å². The van der Waals surface area contributed by atoms with Crippen molar-refractivity contribution in [2.24, 2.45) is 0 Å². The van der Waals surface area contributed by atoms with E-state index in [1.165, 1.54) is 72.0 Å². The zero-order chi connectivity index (χ0) is 38.9. The van der Waals surface area contributed by atoms with Crippen molar-refractivity contribution in [3.63, 3.8) is 0 Å². The molecule has 0 N–H and O–H groups in total. The lowest BCUT2D eigenvalue weighted by Crippen LogP contribution is -2.29. The van der Waals surface area contributed by atoms with E-state index in [0.29, 0.717) is 17.5 Å². The van der Waals surface area contributed by atoms with Crippen molar-refractivity contribution in [1.82, 2.24) is 19.9 Å². The summed E-state index contributed by atoms with van der Waals surface area (Å²) in [6.45, 7) is 0. The number of rotatable bonds is 4. The maximum absolute atomic E-state index is 5.28. The van der Waals surface area contributed by atoms with Gasteiger partial charge in [-0.25, -0.2) is 15.0 Å². The number of fused-ring (bicyclic) bond motifs is 13. The van der Waals surface area contributed by atoms with Gasteiger partial charge in [0.2, 0.25) is 0 Å². The summed E-state index contributed by atoms with van der Waals surface area (Å²) in [5.74, 6) is 1.83. The van der Waals surface area contributed by atoms with Crippen LogP contribution < -0.4 is 0 Å². The molecule has 0 unspecified atom stereocenters. The van der Waals surface area contributed by atoms with Crippen molar-refractivity contribution < 1.29 is 0 Å². The Morgan fingerprint density at radius 3 is 1.34 bits per heavy atom. The molecule has 2 aliphatic carbocycles. The molecule has 274 valence electrons. The first kappa shape index (κ1) is 33.3. The van der Waals surface area contributed by atoms with E-state index in [2.05, 4.69) is 187 Å². The molecular weight excluding hydrogens is 717 g/mol. The van der Waals surface area contributed by atoms with Gasteiger partial charge in [-0.3, -0.25) is 4.98 Å². The van der Waals surface area contributed by atoms with Crippen molar-refractivity contribution >= 4 is 10.8 Å². The largest absolute Gasteiger partial charge is 0.265 e. The highest BCUT2D eigenvalue weighted by Gasteiger charge is 2.49. The fourth-order valence-electron chi connectivity index (χ4n) is 9.73. The smallest absolute Gasteiger partial charge is 0.164 e. The van der Waals surface area contributed by atoms with Gasteiger partial charge in [0.25, 0.3) is 0 Å². The van der Waals surface area contributed by atoms with Gasteiger partial charge in [-0.2, -0.15) is 0 Å². The van der Waals surface area contributed by atoms with E-state index >= 15 is 0 Å². The average molecular weight is 751 g/mol. The van der Waals surface area contributed by atoms with Gasteiger partial charge in [-0.15, -0.1) is 0 Å². The van der Waals surface area contributed by atoms with E-state index in [4.69, 9.17) is 15.0 Å². The van der Waals surface area contributed by atoms with Crippen LogP contribution in [0.15, 0.2) is 207 Å². The maximum atomic E-state index is 5.28. The van der Waals surface area contributed by atoms with Crippen LogP contribution >= 0.6 is 0 Å². The van der Waals surface area contributed by atoms with E-state index in [1.54, 1.807) is 12.4 Å². The van der Waals surface area contributed by atoms with Crippen LogP contribution in [0.2, 0.25) is 0 Å². The van der Waals surface area contributed by atoms with Gasteiger partial charge in [0, 0.05) is 29.1 Å². The molecule has 1 spiro atoms. The molecule has 59 heavy (non-hydrogen) atoms. The molecule has 0 fully saturated rings. The zero-order valence-electron chi connectivity index (χ0n) is 31.9. The summed E-state index contributed by atoms with van der Waals surface area (Å²) in [5, 5.41) is 2.45. The van der Waals surface area contributed by atoms with Gasteiger partial charge in [0.15, 0.2) is 17.5 Å². The molecule has 0 radical (unpaired) electrons. The minimum atomic E-state index is -0.602. The minimum Gasteiger partial charge on any atom is -0.265 e. The van der Waals surface area contributed by atoms with Crippen LogP contribution in [0.1, 0.15) is 22.3 Å². The normalized spacial score (nSPS) is 12.9. The highest BCUT2D eigenvalue weighted by Crippen LogP contribution is 2.61. The molecule has 0 saturated carbocycles. The van der Waals surface area contributed by atoms with Crippen molar-refractivity contribution in [2.75, 3.05) is 0 Å². The molecule has 0 saturated heterocycles. The number of hydrogen-bond acceptors (Lipinski definition) is 4. The number of nitrogens with zero attached hydrogens (tertiary/aromatic N) is 4. The van der Waals surface area contributed by atoms with Crippen molar-refractivity contribution in [1.29, 1.82) is 0 Å². The maximum Gasteiger partial charge on any atom is 0.164 e. The summed E-state index contributed by atoms with van der Waals surface area (Å²) in [6, 6.07) is 70.0. The first-order valence-corrected chi connectivity index (χ1v) is 20.0. The lowest BCUT2D eigenvalue weighted by atomic mass is 9.65. The topological polar surface area (TPSA) is 51.6 Å². The Bertz CT molecular complexity index is 3230. The average Bonchev–Trinajstić information content (AvgIpc) is 3.56. The quantitative estimate of drug-likeness (QED) is 0.180. The first-order valence-electron chi connectivity index (χ1n) is 20.0. The summed E-state index contributed by atoms with van der Waals surface area (Å²) < 4.78 is 0. The SMILES string of the molecule is c1ccc2c(c1)-c1ccccc1C1(c3cc(-c4nc(-c5ccncc5)nc(-c5ccc(-c6cccc7ccccc67)cc5)n4)ccc3-2)c2ccccc2-c2ccccc21. The molecule has 12 rings (SSSR count). The molecule has 4 heteroatoms. The van der Waals surface area contributed by atoms with Crippen LogP contribution in [-0.4, -0.2) is 19.9 Å². The molecular formula is C55H34N4. The fourth-order valence-corrected chi connectivity index (χ4v) is 9.73. The Kier molecular flexibility index (Phi) is 7.41. The van der Waals surface area contributed by atoms with Crippen LogP contribution in [0.25, 0.3) is 89.4 Å². The second-order valence-corrected chi connectivity index (χ2v) is 15.3. The Morgan fingerprint density at radius 1 is 0.288 bits per heavy atom. The van der Waals surface area contributed by atoms with Crippen LogP contribution in [0.5, 0.6) is 0 Å². The van der Waals surface area contributed by atoms with Gasteiger partial charge in [0.1, 0.15) is 0 Å². The van der Waals surface area contributed by atoms with E-state index in [1.807, 2.05) is 12.1 Å². The Labute approximate surface area is 342 Å². The summed E-state index contributed by atoms with van der Waals surface area (Å²) >= 11 is 0. The van der Waals surface area contributed by atoms with E-state index < -0.39 is 5.41 Å². The predicted octanol–water partition coefficient (Wildman–Crippen LogP) is 13.1. The second-order valence-electron chi connectivity index (χ2n) is 15.3. The fraction of sp³-hybridized carbons (Fsp3) is 0.0182. The Morgan fingerprint density at radius 2 is 0.712 bits per heavy atom. The highest BCUT2D eigenvalue weighted by atomic mass is 15.0. The van der Waals surface area contributed by atoms with E-state index in [9.17, 15) is 0 Å². The third-order valence-corrected chi connectivity index (χ3v) is 12.3. The number of benzene rings is 8. The molecule has 0 atom stereocenters. The molecule has 4 nitrogen and oxygen atoms in total. The molecule has 8 aromatic carbocycles. The standard InChI is InChI=1S/C55H34N4/c1-2-14-40-35(12-1)13-11-20-41(40)36-24-26-37(27-25-36)52-57-53(38-30-32-56-33-31-38)59-54(58-52)39-28-29-47-43-16-4-3-15-42(43)44-17-5-8-21-48(44)55(51(47)34-39)49-22-9-6-18-45(49)46-19-7-10-23-50(46)55/h1-34H. The summed E-state index contributed by atoms with van der Waals surface area (Å²) in [5.41, 5.74) is 16.9. The summed E-state index contributed by atoms with van der Waals surface area (Å²) in [7, 11) is 0. The van der Waals surface area contributed by atoms with Crippen LogP contribution in [-0.2, 0) is 5.41 Å². The Hall–Kier alpha value is -7.82. The van der Waals surface area contributed by atoms with Crippen molar-refractivity contribution in [3.8, 4) is 78.7 Å². The number of hydrogen-bond donors (Lipinski definition) is 0. The molecule has 0 bridgehead atoms. The van der Waals surface area contributed by atoms with Gasteiger partial charge >= 0.3 is 0 Å². The lowest BCUT2D eigenvalue weighted by molar-refractivity contribution is 0.775. The second kappa shape index (κ2) is 13.1. The Balaban J connectivity index is 1.10. The van der Waals surface area contributed by atoms with Gasteiger partial charge < -0.3 is 0 Å². The number of pyridine rings is 1. The highest BCUT2D eigenvalue weighted by molar-refractivity contribution is 5.99. The molecule has 2 aromatic heterocycles. The summed E-state index contributed by atoms with van der Waals surface area (Å²) in [4.78, 5) is 19.9. The third-order valence-electron chi connectivity index (χ3n) is 12.3. The lowest BCUT2D eigenvalue weighted by Gasteiger charge is -2.35. The predicted molar refractivity (Wildman–Crippen MR) is 239 cm³/mol. The molecule has 0 aliphatic heterocycles. The van der Waals surface area contributed by atoms with E-state index in [-0.39, 0.29) is 0 Å². The monoisotopic (exact) mass is 750 g/mol. The van der Waals surface area contributed by atoms with Crippen molar-refractivity contribution in [3.05, 3.63) is 229 Å². The van der Waals surface area contributed by atoms with Crippen LogP contribution in [0, 0.1) is 0 Å².